The molecule has 6 heteroatoms. The summed E-state index contributed by atoms with van der Waals surface area (Å²) >= 11 is 0.728. The van der Waals surface area contributed by atoms with Crippen LogP contribution in [-0.2, 0) is 4.18 Å². The molecule has 0 radical (unpaired) electrons. The number of hydrogen-bond donors (Lipinski definition) is 4. The molecular formula is C5H11NO4S. The third kappa shape index (κ3) is 1.84. The van der Waals surface area contributed by atoms with Gasteiger partial charge in [0, 0.05) is 18.6 Å². The van der Waals surface area contributed by atoms with Crippen LogP contribution in [-0.4, -0.2) is 45.6 Å². The number of hydrogen-bond acceptors (Lipinski definition) is 6. The molecule has 0 spiro atoms. The second-order valence-corrected chi connectivity index (χ2v) is 3.21. The summed E-state index contributed by atoms with van der Waals surface area (Å²) < 4.78 is 4.85. The van der Waals surface area contributed by atoms with Crippen LogP contribution in [0.3, 0.4) is 0 Å². The minimum Gasteiger partial charge on any atom is -0.387 e. The molecule has 1 heterocycles. The first-order valence-corrected chi connectivity index (χ1v) is 4.03. The van der Waals surface area contributed by atoms with Gasteiger partial charge in [-0.05, 0) is 0 Å². The number of aliphatic hydroxyl groups is 3. The lowest BCUT2D eigenvalue weighted by Gasteiger charge is -2.33. The van der Waals surface area contributed by atoms with E-state index in [4.69, 9.17) is 20.1 Å². The molecule has 0 saturated carbocycles. The van der Waals surface area contributed by atoms with Gasteiger partial charge < -0.3 is 25.2 Å². The van der Waals surface area contributed by atoms with Crippen LogP contribution in [0.5, 0.6) is 0 Å². The maximum absolute atomic E-state index is 9.18. The Balaban J connectivity index is 2.52. The topological polar surface area (TPSA) is 95.9 Å². The monoisotopic (exact) mass is 181 g/mol. The highest BCUT2D eigenvalue weighted by atomic mass is 32.2. The van der Waals surface area contributed by atoms with Crippen molar-refractivity contribution in [1.29, 1.82) is 0 Å². The van der Waals surface area contributed by atoms with Crippen molar-refractivity contribution in [3.8, 4) is 0 Å². The predicted molar refractivity (Wildman–Crippen MR) is 39.5 cm³/mol. The molecule has 1 saturated heterocycles. The Morgan fingerprint density at radius 1 is 1.27 bits per heavy atom. The van der Waals surface area contributed by atoms with Crippen molar-refractivity contribution in [2.45, 2.75) is 23.7 Å². The molecule has 1 fully saturated rings. The van der Waals surface area contributed by atoms with E-state index in [1.165, 1.54) is 0 Å². The van der Waals surface area contributed by atoms with Crippen molar-refractivity contribution in [2.75, 3.05) is 6.54 Å². The molecule has 0 aromatic heterocycles. The molecule has 0 unspecified atom stereocenters. The Bertz CT molecular complexity index is 134. The van der Waals surface area contributed by atoms with Gasteiger partial charge in [-0.1, -0.05) is 0 Å². The van der Waals surface area contributed by atoms with Gasteiger partial charge in [-0.25, -0.2) is 0 Å². The van der Waals surface area contributed by atoms with Crippen molar-refractivity contribution in [3.63, 3.8) is 0 Å². The summed E-state index contributed by atoms with van der Waals surface area (Å²) in [6.45, 7) is 0.123. The summed E-state index contributed by atoms with van der Waals surface area (Å²) in [7, 11) is 0. The Morgan fingerprint density at radius 2 is 1.91 bits per heavy atom. The minimum atomic E-state index is -1.18. The zero-order valence-electron chi connectivity index (χ0n) is 5.75. The molecule has 66 valence electrons. The smallest absolute Gasteiger partial charge is 0.153 e. The fraction of sp³-hybridized carbons (Fsp3) is 1.00. The molecule has 5 N–H and O–H groups in total. The molecule has 0 aromatic carbocycles. The molecule has 4 atom stereocenters. The average Bonchev–Trinajstić information content (AvgIpc) is 2.01. The van der Waals surface area contributed by atoms with E-state index in [0.29, 0.717) is 0 Å². The quantitative estimate of drug-likeness (QED) is 0.351. The second kappa shape index (κ2) is 3.70. The third-order valence-electron chi connectivity index (χ3n) is 1.53. The van der Waals surface area contributed by atoms with Crippen LogP contribution in [0.4, 0.5) is 0 Å². The predicted octanol–water partition coefficient (Wildman–Crippen LogP) is -1.97. The van der Waals surface area contributed by atoms with Crippen LogP contribution in [0.25, 0.3) is 0 Å². The molecule has 0 amide bonds. The first kappa shape index (κ1) is 9.24. The average molecular weight is 181 g/mol. The summed E-state index contributed by atoms with van der Waals surface area (Å²) in [6, 6.07) is 0. The van der Waals surface area contributed by atoms with Gasteiger partial charge in [0.2, 0.25) is 0 Å². The zero-order valence-corrected chi connectivity index (χ0v) is 6.57. The van der Waals surface area contributed by atoms with E-state index in [9.17, 15) is 5.11 Å². The van der Waals surface area contributed by atoms with Gasteiger partial charge in [0.25, 0.3) is 0 Å². The molecule has 11 heavy (non-hydrogen) atoms. The zero-order chi connectivity index (χ0) is 8.43. The number of rotatable bonds is 1. The maximum Gasteiger partial charge on any atom is 0.153 e. The lowest BCUT2D eigenvalue weighted by Crippen LogP contribution is -2.50. The van der Waals surface area contributed by atoms with Crippen LogP contribution >= 0.6 is 12.0 Å². The van der Waals surface area contributed by atoms with E-state index in [0.717, 1.165) is 12.0 Å². The largest absolute Gasteiger partial charge is 0.387 e. The maximum atomic E-state index is 9.18. The molecule has 5 nitrogen and oxygen atoms in total. The van der Waals surface area contributed by atoms with Crippen molar-refractivity contribution >= 4 is 12.0 Å². The fourth-order valence-electron chi connectivity index (χ4n) is 0.809. The Labute approximate surface area is 68.4 Å². The van der Waals surface area contributed by atoms with Crippen molar-refractivity contribution in [1.82, 2.24) is 0 Å². The molecule has 0 bridgehead atoms. The summed E-state index contributed by atoms with van der Waals surface area (Å²) in [5.74, 6) is 0. The van der Waals surface area contributed by atoms with Gasteiger partial charge in [-0.3, -0.25) is 0 Å². The fourth-order valence-corrected chi connectivity index (χ4v) is 1.53. The minimum absolute atomic E-state index is 0.123. The Morgan fingerprint density at radius 3 is 2.45 bits per heavy atom. The molecule has 0 aliphatic carbocycles. The molecular weight excluding hydrogens is 170 g/mol. The second-order valence-electron chi connectivity index (χ2n) is 2.34. The van der Waals surface area contributed by atoms with E-state index in [-0.39, 0.29) is 6.54 Å². The molecule has 1 aliphatic heterocycles. The number of nitrogens with two attached hydrogens (primary N) is 1. The summed E-state index contributed by atoms with van der Waals surface area (Å²) in [6.07, 6.45) is -2.88. The van der Waals surface area contributed by atoms with Gasteiger partial charge in [0.15, 0.2) is 5.44 Å². The van der Waals surface area contributed by atoms with E-state index in [1.807, 2.05) is 0 Å². The standard InChI is InChI=1S/C5H11NO4S/c6-1-2-3(7)4(8)5(9)11-10-2/h2-5,7-9H,1,6H2/t2-,3-,4+,5+/m1/s1. The summed E-state index contributed by atoms with van der Waals surface area (Å²) in [4.78, 5) is 0. The van der Waals surface area contributed by atoms with Crippen LogP contribution in [0.15, 0.2) is 0 Å². The normalized spacial score (nSPS) is 45.8. The summed E-state index contributed by atoms with van der Waals surface area (Å²) in [5, 5.41) is 27.2. The van der Waals surface area contributed by atoms with Gasteiger partial charge in [-0.2, -0.15) is 0 Å². The van der Waals surface area contributed by atoms with E-state index >= 15 is 0 Å². The number of aliphatic hydroxyl groups excluding tert-OH is 3. The van der Waals surface area contributed by atoms with Crippen LogP contribution in [0.2, 0.25) is 0 Å². The van der Waals surface area contributed by atoms with E-state index < -0.39 is 23.7 Å². The Hall–Kier alpha value is 0.150. The SMILES string of the molecule is NC[C@H]1OS[C@H](O)[C@@H](O)[C@@H]1O. The van der Waals surface area contributed by atoms with Gasteiger partial charge in [0.1, 0.15) is 18.3 Å². The van der Waals surface area contributed by atoms with Crippen LogP contribution in [0, 0.1) is 0 Å². The lowest BCUT2D eigenvalue weighted by atomic mass is 10.1. The lowest BCUT2D eigenvalue weighted by molar-refractivity contribution is -0.0874. The summed E-state index contributed by atoms with van der Waals surface area (Å²) in [5.41, 5.74) is 4.12. The van der Waals surface area contributed by atoms with E-state index in [2.05, 4.69) is 0 Å². The van der Waals surface area contributed by atoms with Crippen LogP contribution in [0.1, 0.15) is 0 Å². The first-order chi connectivity index (χ1) is 5.16. The van der Waals surface area contributed by atoms with Gasteiger partial charge in [0.05, 0.1) is 0 Å². The highest BCUT2D eigenvalue weighted by molar-refractivity contribution is 7.95. The van der Waals surface area contributed by atoms with Crippen molar-refractivity contribution in [2.24, 2.45) is 5.73 Å². The Kier molecular flexibility index (Phi) is 3.11. The van der Waals surface area contributed by atoms with Gasteiger partial charge >= 0.3 is 0 Å². The molecule has 1 rings (SSSR count). The molecule has 1 aliphatic rings. The van der Waals surface area contributed by atoms with Crippen LogP contribution < -0.4 is 5.73 Å². The van der Waals surface area contributed by atoms with E-state index in [1.54, 1.807) is 0 Å². The highest BCUT2D eigenvalue weighted by Crippen LogP contribution is 2.26. The molecule has 0 aromatic rings. The van der Waals surface area contributed by atoms with Crippen molar-refractivity contribution < 1.29 is 19.5 Å². The van der Waals surface area contributed by atoms with Gasteiger partial charge in [-0.15, -0.1) is 0 Å². The van der Waals surface area contributed by atoms with Crippen molar-refractivity contribution in [3.05, 3.63) is 0 Å². The first-order valence-electron chi connectivity index (χ1n) is 3.23. The third-order valence-corrected chi connectivity index (χ3v) is 2.37. The highest BCUT2D eigenvalue weighted by Gasteiger charge is 2.37.